The van der Waals surface area contributed by atoms with E-state index in [0.29, 0.717) is 18.2 Å². The summed E-state index contributed by atoms with van der Waals surface area (Å²) in [4.78, 5) is 9.13. The predicted octanol–water partition coefficient (Wildman–Crippen LogP) is 2.87. The van der Waals surface area contributed by atoms with Gasteiger partial charge in [0.1, 0.15) is 5.82 Å². The average Bonchev–Trinajstić information content (AvgIpc) is 2.46. The van der Waals surface area contributed by atoms with Crippen molar-refractivity contribution in [3.8, 4) is 11.4 Å². The van der Waals surface area contributed by atoms with Gasteiger partial charge in [-0.3, -0.25) is 0 Å². The lowest BCUT2D eigenvalue weighted by molar-refractivity contribution is 0.185. The zero-order chi connectivity index (χ0) is 15.5. The van der Waals surface area contributed by atoms with Crippen LogP contribution < -0.4 is 11.3 Å². The quantitative estimate of drug-likeness (QED) is 0.668. The maximum absolute atomic E-state index is 5.53. The van der Waals surface area contributed by atoms with Gasteiger partial charge in [0.2, 0.25) is 0 Å². The molecule has 0 amide bonds. The number of hydrogen-bond donors (Lipinski definition) is 2. The van der Waals surface area contributed by atoms with Crippen LogP contribution in [0.5, 0.6) is 0 Å². The molecule has 0 fully saturated rings. The van der Waals surface area contributed by atoms with Crippen LogP contribution in [0.1, 0.15) is 32.0 Å². The first kappa shape index (κ1) is 15.4. The number of hydrazine groups is 1. The van der Waals surface area contributed by atoms with Crippen molar-refractivity contribution in [1.82, 2.24) is 9.97 Å². The summed E-state index contributed by atoms with van der Waals surface area (Å²) in [6.07, 6.45) is 0. The fourth-order valence-corrected chi connectivity index (χ4v) is 2.00. The molecule has 0 radical (unpaired) electrons. The van der Waals surface area contributed by atoms with Crippen LogP contribution >= 0.6 is 0 Å². The van der Waals surface area contributed by atoms with Gasteiger partial charge in [-0.2, -0.15) is 0 Å². The van der Waals surface area contributed by atoms with Crippen molar-refractivity contribution in [2.45, 2.75) is 32.8 Å². The molecule has 2 rings (SSSR count). The number of aromatic nitrogens is 2. The van der Waals surface area contributed by atoms with Crippen molar-refractivity contribution < 1.29 is 4.74 Å². The minimum atomic E-state index is -0.0760. The SMILES string of the molecule is COCc1cccc(-c2nc(NN)cc(C(C)(C)C)n2)c1. The van der Waals surface area contributed by atoms with Gasteiger partial charge >= 0.3 is 0 Å². The Morgan fingerprint density at radius 2 is 1.95 bits per heavy atom. The van der Waals surface area contributed by atoms with Gasteiger partial charge in [-0.15, -0.1) is 0 Å². The van der Waals surface area contributed by atoms with E-state index in [1.54, 1.807) is 7.11 Å². The summed E-state index contributed by atoms with van der Waals surface area (Å²) in [7, 11) is 1.68. The molecule has 0 aliphatic heterocycles. The fraction of sp³-hybridized carbons (Fsp3) is 0.375. The lowest BCUT2D eigenvalue weighted by Gasteiger charge is -2.19. The average molecular weight is 286 g/mol. The molecule has 5 nitrogen and oxygen atoms in total. The van der Waals surface area contributed by atoms with Gasteiger partial charge < -0.3 is 10.2 Å². The Hall–Kier alpha value is -1.98. The van der Waals surface area contributed by atoms with E-state index in [0.717, 1.165) is 16.8 Å². The monoisotopic (exact) mass is 286 g/mol. The molecule has 1 heterocycles. The van der Waals surface area contributed by atoms with E-state index in [4.69, 9.17) is 10.6 Å². The van der Waals surface area contributed by atoms with Crippen LogP contribution in [0, 0.1) is 0 Å². The van der Waals surface area contributed by atoms with Crippen LogP contribution in [0.3, 0.4) is 0 Å². The van der Waals surface area contributed by atoms with Crippen LogP contribution in [0.2, 0.25) is 0 Å². The summed E-state index contributed by atoms with van der Waals surface area (Å²) in [6, 6.07) is 9.89. The Bertz CT molecular complexity index is 620. The Labute approximate surface area is 125 Å². The number of hydrogen-bond acceptors (Lipinski definition) is 5. The van der Waals surface area contributed by atoms with Crippen molar-refractivity contribution in [3.05, 3.63) is 41.6 Å². The molecule has 0 aliphatic rings. The van der Waals surface area contributed by atoms with Crippen molar-refractivity contribution in [2.75, 3.05) is 12.5 Å². The van der Waals surface area contributed by atoms with E-state index in [1.807, 2.05) is 30.3 Å². The molecular formula is C16H22N4O. The molecule has 1 aromatic heterocycles. The zero-order valence-electron chi connectivity index (χ0n) is 13.0. The van der Waals surface area contributed by atoms with Gasteiger partial charge in [-0.1, -0.05) is 39.0 Å². The van der Waals surface area contributed by atoms with E-state index < -0.39 is 0 Å². The van der Waals surface area contributed by atoms with E-state index in [2.05, 4.69) is 36.2 Å². The van der Waals surface area contributed by atoms with Crippen molar-refractivity contribution in [1.29, 1.82) is 0 Å². The molecule has 0 bridgehead atoms. The maximum Gasteiger partial charge on any atom is 0.161 e. The minimum Gasteiger partial charge on any atom is -0.380 e. The van der Waals surface area contributed by atoms with Gasteiger partial charge in [0, 0.05) is 24.2 Å². The number of nitrogen functional groups attached to an aromatic ring is 1. The summed E-state index contributed by atoms with van der Waals surface area (Å²) in [5, 5.41) is 0. The van der Waals surface area contributed by atoms with Crippen LogP contribution in [-0.4, -0.2) is 17.1 Å². The first-order valence-electron chi connectivity index (χ1n) is 6.88. The molecule has 2 aromatic rings. The lowest BCUT2D eigenvalue weighted by atomic mass is 9.92. The largest absolute Gasteiger partial charge is 0.380 e. The van der Waals surface area contributed by atoms with E-state index in [-0.39, 0.29) is 5.41 Å². The second kappa shape index (κ2) is 6.20. The molecule has 0 saturated carbocycles. The number of anilines is 1. The van der Waals surface area contributed by atoms with Crippen LogP contribution in [0.4, 0.5) is 5.82 Å². The van der Waals surface area contributed by atoms with Gasteiger partial charge in [0.15, 0.2) is 5.82 Å². The molecule has 0 unspecified atom stereocenters. The van der Waals surface area contributed by atoms with Gasteiger partial charge in [0.05, 0.1) is 12.3 Å². The molecule has 21 heavy (non-hydrogen) atoms. The predicted molar refractivity (Wildman–Crippen MR) is 84.7 cm³/mol. The minimum absolute atomic E-state index is 0.0760. The standard InChI is InChI=1S/C16H22N4O/c1-16(2,3)13-9-14(20-17)19-15(18-13)12-7-5-6-11(8-12)10-21-4/h5-9H,10,17H2,1-4H3,(H,18,19,20). The van der Waals surface area contributed by atoms with Crippen molar-refractivity contribution in [2.24, 2.45) is 5.84 Å². The molecule has 5 heteroatoms. The topological polar surface area (TPSA) is 73.1 Å². The van der Waals surface area contributed by atoms with Gasteiger partial charge in [0.25, 0.3) is 0 Å². The molecule has 1 aromatic carbocycles. The third-order valence-electron chi connectivity index (χ3n) is 3.14. The summed E-state index contributed by atoms with van der Waals surface area (Å²) >= 11 is 0. The number of ether oxygens (including phenoxy) is 1. The molecule has 0 atom stereocenters. The second-order valence-corrected chi connectivity index (χ2v) is 5.99. The number of rotatable bonds is 4. The Morgan fingerprint density at radius 1 is 1.19 bits per heavy atom. The maximum atomic E-state index is 5.53. The molecule has 0 saturated heterocycles. The first-order valence-corrected chi connectivity index (χ1v) is 6.88. The highest BCUT2D eigenvalue weighted by Gasteiger charge is 2.18. The van der Waals surface area contributed by atoms with E-state index >= 15 is 0 Å². The number of nitrogens with two attached hydrogens (primary N) is 1. The van der Waals surface area contributed by atoms with E-state index in [9.17, 15) is 0 Å². The third kappa shape index (κ3) is 3.77. The summed E-state index contributed by atoms with van der Waals surface area (Å²) in [5.41, 5.74) is 5.52. The Balaban J connectivity index is 2.50. The zero-order valence-corrected chi connectivity index (χ0v) is 13.0. The molecule has 0 aliphatic carbocycles. The van der Waals surface area contributed by atoms with Crippen LogP contribution in [0.15, 0.2) is 30.3 Å². The first-order chi connectivity index (χ1) is 9.94. The molecular weight excluding hydrogens is 264 g/mol. The second-order valence-electron chi connectivity index (χ2n) is 5.99. The highest BCUT2D eigenvalue weighted by molar-refractivity contribution is 5.58. The summed E-state index contributed by atoms with van der Waals surface area (Å²) in [5.74, 6) is 6.80. The summed E-state index contributed by atoms with van der Waals surface area (Å²) < 4.78 is 5.17. The number of benzene rings is 1. The molecule has 3 N–H and O–H groups in total. The number of nitrogens with one attached hydrogen (secondary N) is 1. The third-order valence-corrected chi connectivity index (χ3v) is 3.14. The van der Waals surface area contributed by atoms with Gasteiger partial charge in [-0.25, -0.2) is 15.8 Å². The fourth-order valence-electron chi connectivity index (χ4n) is 2.00. The number of nitrogens with zero attached hydrogens (tertiary/aromatic N) is 2. The summed E-state index contributed by atoms with van der Waals surface area (Å²) in [6.45, 7) is 6.90. The van der Waals surface area contributed by atoms with Gasteiger partial charge in [-0.05, 0) is 11.6 Å². The highest BCUT2D eigenvalue weighted by atomic mass is 16.5. The van der Waals surface area contributed by atoms with Crippen molar-refractivity contribution in [3.63, 3.8) is 0 Å². The Morgan fingerprint density at radius 3 is 2.57 bits per heavy atom. The number of methoxy groups -OCH3 is 1. The molecule has 0 spiro atoms. The van der Waals surface area contributed by atoms with Crippen molar-refractivity contribution >= 4 is 5.82 Å². The van der Waals surface area contributed by atoms with Crippen LogP contribution in [-0.2, 0) is 16.8 Å². The Kier molecular flexibility index (Phi) is 4.55. The smallest absolute Gasteiger partial charge is 0.161 e. The normalized spacial score (nSPS) is 11.5. The van der Waals surface area contributed by atoms with E-state index in [1.165, 1.54) is 0 Å². The lowest BCUT2D eigenvalue weighted by Crippen LogP contribution is -2.17. The highest BCUT2D eigenvalue weighted by Crippen LogP contribution is 2.26. The molecule has 112 valence electrons. The van der Waals surface area contributed by atoms with Crippen LogP contribution in [0.25, 0.3) is 11.4 Å².